The number of rotatable bonds is 6. The van der Waals surface area contributed by atoms with Gasteiger partial charge >= 0.3 is 0 Å². The van der Waals surface area contributed by atoms with Crippen LogP contribution >= 0.6 is 0 Å². The number of hydrogen-bond donors (Lipinski definition) is 1. The molecule has 3 rings (SSSR count). The smallest absolute Gasteiger partial charge is 0.227 e. The van der Waals surface area contributed by atoms with E-state index >= 15 is 0 Å². The Hall–Kier alpha value is -2.82. The van der Waals surface area contributed by atoms with Crippen molar-refractivity contribution in [2.24, 2.45) is 0 Å². The number of benzene rings is 1. The van der Waals surface area contributed by atoms with Crippen molar-refractivity contribution in [1.82, 2.24) is 9.97 Å². The van der Waals surface area contributed by atoms with Crippen LogP contribution in [0.25, 0.3) is 11.5 Å². The van der Waals surface area contributed by atoms with Crippen LogP contribution in [0, 0.1) is 0 Å². The first-order valence-electron chi connectivity index (χ1n) is 7.79. The van der Waals surface area contributed by atoms with Gasteiger partial charge in [-0.25, -0.2) is 9.97 Å². The Morgan fingerprint density at radius 1 is 1.04 bits per heavy atom. The van der Waals surface area contributed by atoms with E-state index in [1.54, 1.807) is 12.5 Å². The Labute approximate surface area is 136 Å². The summed E-state index contributed by atoms with van der Waals surface area (Å²) in [6.45, 7) is 6.31. The molecule has 0 aliphatic rings. The fourth-order valence-corrected chi connectivity index (χ4v) is 2.45. The Morgan fingerprint density at radius 2 is 1.83 bits per heavy atom. The first kappa shape index (κ1) is 15.1. The zero-order valence-electron chi connectivity index (χ0n) is 13.4. The molecule has 0 spiro atoms. The number of anilines is 3. The molecular weight excluding hydrogens is 288 g/mol. The Morgan fingerprint density at radius 3 is 2.48 bits per heavy atom. The topological polar surface area (TPSA) is 54.2 Å². The molecular formula is C18H20N4O. The molecule has 2 heterocycles. The fourth-order valence-electron chi connectivity index (χ4n) is 2.45. The highest BCUT2D eigenvalue weighted by Gasteiger charge is 2.06. The molecule has 2 aromatic heterocycles. The van der Waals surface area contributed by atoms with Gasteiger partial charge in [0.05, 0.1) is 6.26 Å². The molecule has 0 amide bonds. The van der Waals surface area contributed by atoms with E-state index in [0.717, 1.165) is 30.2 Å². The van der Waals surface area contributed by atoms with Gasteiger partial charge in [0.25, 0.3) is 0 Å². The number of nitrogens with one attached hydrogen (secondary N) is 1. The van der Waals surface area contributed by atoms with Gasteiger partial charge in [-0.15, -0.1) is 0 Å². The number of hydrogen-bond acceptors (Lipinski definition) is 5. The number of aromatic nitrogens is 2. The van der Waals surface area contributed by atoms with Crippen molar-refractivity contribution in [2.45, 2.75) is 13.8 Å². The summed E-state index contributed by atoms with van der Waals surface area (Å²) in [6, 6.07) is 13.8. The summed E-state index contributed by atoms with van der Waals surface area (Å²) in [5.74, 6) is 1.28. The Kier molecular flexibility index (Phi) is 4.57. The van der Waals surface area contributed by atoms with Gasteiger partial charge in [-0.3, -0.25) is 0 Å². The predicted molar refractivity (Wildman–Crippen MR) is 93.0 cm³/mol. The van der Waals surface area contributed by atoms with Gasteiger partial charge in [-0.05, 0) is 56.3 Å². The Balaban J connectivity index is 1.76. The van der Waals surface area contributed by atoms with Crippen LogP contribution < -0.4 is 10.2 Å². The second-order valence-corrected chi connectivity index (χ2v) is 5.09. The lowest BCUT2D eigenvalue weighted by Gasteiger charge is -2.21. The summed E-state index contributed by atoms with van der Waals surface area (Å²) in [6.07, 6.45) is 3.36. The second kappa shape index (κ2) is 6.96. The predicted octanol–water partition coefficient (Wildman–Crippen LogP) is 4.33. The molecule has 23 heavy (non-hydrogen) atoms. The van der Waals surface area contributed by atoms with Gasteiger partial charge in [0.2, 0.25) is 5.95 Å². The van der Waals surface area contributed by atoms with Crippen LogP contribution in [-0.2, 0) is 0 Å². The summed E-state index contributed by atoms with van der Waals surface area (Å²) in [5, 5.41) is 3.23. The SMILES string of the molecule is CCN(CC)c1ccc(Nc2nccc(-c3ccco3)n2)cc1. The van der Waals surface area contributed by atoms with Crippen LogP contribution in [0.2, 0.25) is 0 Å². The van der Waals surface area contributed by atoms with E-state index in [-0.39, 0.29) is 0 Å². The molecule has 5 nitrogen and oxygen atoms in total. The van der Waals surface area contributed by atoms with Gasteiger partial charge in [0, 0.05) is 30.7 Å². The van der Waals surface area contributed by atoms with Crippen molar-refractivity contribution in [3.8, 4) is 11.5 Å². The number of furan rings is 1. The number of nitrogens with zero attached hydrogens (tertiary/aromatic N) is 3. The van der Waals surface area contributed by atoms with Gasteiger partial charge in [-0.1, -0.05) is 0 Å². The fraction of sp³-hybridized carbons (Fsp3) is 0.222. The van der Waals surface area contributed by atoms with E-state index in [0.29, 0.717) is 5.95 Å². The summed E-state index contributed by atoms with van der Waals surface area (Å²) in [5.41, 5.74) is 2.93. The van der Waals surface area contributed by atoms with E-state index in [9.17, 15) is 0 Å². The standard InChI is InChI=1S/C18H20N4O/c1-3-22(4-2)15-9-7-14(8-10-15)20-18-19-12-11-16(21-18)17-6-5-13-23-17/h5-13H,3-4H2,1-2H3,(H,19,20,21). The average Bonchev–Trinajstić information content (AvgIpc) is 3.12. The third kappa shape index (κ3) is 3.51. The summed E-state index contributed by atoms with van der Waals surface area (Å²) >= 11 is 0. The molecule has 0 radical (unpaired) electrons. The molecule has 1 aromatic carbocycles. The third-order valence-electron chi connectivity index (χ3n) is 3.68. The zero-order valence-corrected chi connectivity index (χ0v) is 13.4. The van der Waals surface area contributed by atoms with Crippen LogP contribution in [0.4, 0.5) is 17.3 Å². The molecule has 5 heteroatoms. The van der Waals surface area contributed by atoms with Crippen molar-refractivity contribution in [2.75, 3.05) is 23.3 Å². The molecule has 0 unspecified atom stereocenters. The van der Waals surface area contributed by atoms with E-state index in [1.165, 1.54) is 5.69 Å². The molecule has 0 saturated carbocycles. The van der Waals surface area contributed by atoms with Crippen molar-refractivity contribution in [3.05, 3.63) is 54.9 Å². The lowest BCUT2D eigenvalue weighted by Crippen LogP contribution is -2.21. The highest BCUT2D eigenvalue weighted by molar-refractivity contribution is 5.61. The minimum atomic E-state index is 0.550. The summed E-state index contributed by atoms with van der Waals surface area (Å²) < 4.78 is 5.37. The highest BCUT2D eigenvalue weighted by Crippen LogP contribution is 2.22. The van der Waals surface area contributed by atoms with Crippen LogP contribution in [0.5, 0.6) is 0 Å². The average molecular weight is 308 g/mol. The van der Waals surface area contributed by atoms with Crippen LogP contribution in [-0.4, -0.2) is 23.1 Å². The quantitative estimate of drug-likeness (QED) is 0.734. The minimum Gasteiger partial charge on any atom is -0.463 e. The monoisotopic (exact) mass is 308 g/mol. The molecule has 0 fully saturated rings. The van der Waals surface area contributed by atoms with Gasteiger partial charge in [-0.2, -0.15) is 0 Å². The Bertz CT molecular complexity index is 734. The van der Waals surface area contributed by atoms with E-state index in [1.807, 2.05) is 30.3 Å². The van der Waals surface area contributed by atoms with Crippen molar-refractivity contribution >= 4 is 17.3 Å². The van der Waals surface area contributed by atoms with Crippen LogP contribution in [0.15, 0.2) is 59.3 Å². The maximum atomic E-state index is 5.37. The molecule has 3 aromatic rings. The highest BCUT2D eigenvalue weighted by atomic mass is 16.3. The summed E-state index contributed by atoms with van der Waals surface area (Å²) in [7, 11) is 0. The van der Waals surface area contributed by atoms with E-state index in [4.69, 9.17) is 4.42 Å². The van der Waals surface area contributed by atoms with E-state index < -0.39 is 0 Å². The lowest BCUT2D eigenvalue weighted by atomic mass is 10.2. The normalized spacial score (nSPS) is 10.5. The van der Waals surface area contributed by atoms with E-state index in [2.05, 4.69) is 46.2 Å². The second-order valence-electron chi connectivity index (χ2n) is 5.09. The van der Waals surface area contributed by atoms with Crippen molar-refractivity contribution in [3.63, 3.8) is 0 Å². The molecule has 0 saturated heterocycles. The molecule has 118 valence electrons. The largest absolute Gasteiger partial charge is 0.463 e. The lowest BCUT2D eigenvalue weighted by molar-refractivity contribution is 0.580. The van der Waals surface area contributed by atoms with Gasteiger partial charge < -0.3 is 14.6 Å². The van der Waals surface area contributed by atoms with Crippen LogP contribution in [0.1, 0.15) is 13.8 Å². The molecule has 1 N–H and O–H groups in total. The first-order valence-corrected chi connectivity index (χ1v) is 7.79. The zero-order chi connectivity index (χ0) is 16.1. The third-order valence-corrected chi connectivity index (χ3v) is 3.68. The van der Waals surface area contributed by atoms with Crippen LogP contribution in [0.3, 0.4) is 0 Å². The molecule has 0 atom stereocenters. The molecule has 0 aliphatic heterocycles. The minimum absolute atomic E-state index is 0.550. The maximum Gasteiger partial charge on any atom is 0.227 e. The van der Waals surface area contributed by atoms with Crippen molar-refractivity contribution < 1.29 is 4.42 Å². The van der Waals surface area contributed by atoms with Gasteiger partial charge in [0.15, 0.2) is 5.76 Å². The maximum absolute atomic E-state index is 5.37. The first-order chi connectivity index (χ1) is 11.3. The molecule has 0 bridgehead atoms. The summed E-state index contributed by atoms with van der Waals surface area (Å²) in [4.78, 5) is 11.0. The van der Waals surface area contributed by atoms with Crippen molar-refractivity contribution in [1.29, 1.82) is 0 Å². The molecule has 0 aliphatic carbocycles. The van der Waals surface area contributed by atoms with Gasteiger partial charge in [0.1, 0.15) is 5.69 Å².